The maximum atomic E-state index is 10.4. The molecule has 0 aromatic carbocycles. The van der Waals surface area contributed by atoms with Crippen molar-refractivity contribution in [2.75, 3.05) is 0 Å². The number of hydrogen-bond acceptors (Lipinski definition) is 1. The average molecular weight is 197 g/mol. The van der Waals surface area contributed by atoms with E-state index in [2.05, 4.69) is 20.1 Å². The molecular weight excluding hydrogens is 172 g/mol. The van der Waals surface area contributed by atoms with Gasteiger partial charge in [0.1, 0.15) is 0 Å². The van der Waals surface area contributed by atoms with Crippen LogP contribution in [-0.2, 0) is 4.79 Å². The van der Waals surface area contributed by atoms with Crippen LogP contribution in [0.3, 0.4) is 0 Å². The van der Waals surface area contributed by atoms with Gasteiger partial charge < -0.3 is 0 Å². The quantitative estimate of drug-likeness (QED) is 0.478. The predicted octanol–water partition coefficient (Wildman–Crippen LogP) is 4.26. The van der Waals surface area contributed by atoms with E-state index in [9.17, 15) is 4.79 Å². The molecule has 0 bridgehead atoms. The number of hydrogen-bond donors (Lipinski definition) is 0. The van der Waals surface area contributed by atoms with Crippen molar-refractivity contribution in [2.24, 2.45) is 5.92 Å². The maximum Gasteiger partial charge on any atom is 0.198 e. The lowest BCUT2D eigenvalue weighted by atomic mass is 9.93. The highest BCUT2D eigenvalue weighted by Crippen LogP contribution is 2.19. The molecule has 0 aliphatic carbocycles. The molecule has 1 heteroatoms. The van der Waals surface area contributed by atoms with E-state index in [1.54, 1.807) is 0 Å². The van der Waals surface area contributed by atoms with Gasteiger partial charge in [-0.2, -0.15) is 0 Å². The smallest absolute Gasteiger partial charge is 0.198 e. The van der Waals surface area contributed by atoms with Crippen molar-refractivity contribution in [1.29, 1.82) is 0 Å². The maximum absolute atomic E-state index is 10.4. The van der Waals surface area contributed by atoms with Gasteiger partial charge in [-0.25, -0.2) is 0 Å². The van der Waals surface area contributed by atoms with Gasteiger partial charge in [0, 0.05) is 6.42 Å². The number of carbonyl (C=O) groups excluding carboxylic acids is 1. The summed E-state index contributed by atoms with van der Waals surface area (Å²) in [6, 6.07) is 0. The Bertz CT molecular complexity index is 110. The molecule has 0 atom stereocenters. The van der Waals surface area contributed by atoms with E-state index in [1.165, 1.54) is 51.4 Å². The van der Waals surface area contributed by atoms with Crippen LogP contribution in [-0.4, -0.2) is 6.29 Å². The molecule has 0 aliphatic heterocycles. The Balaban J connectivity index is 3.49. The molecule has 0 N–H and O–H groups in total. The lowest BCUT2D eigenvalue weighted by molar-refractivity contribution is 0.412. The molecule has 0 aliphatic rings. The summed E-state index contributed by atoms with van der Waals surface area (Å²) in [5, 5.41) is 0. The van der Waals surface area contributed by atoms with Crippen LogP contribution in [0.25, 0.3) is 0 Å². The van der Waals surface area contributed by atoms with Gasteiger partial charge in [0.05, 0.1) is 0 Å². The number of rotatable bonds is 10. The summed E-state index contributed by atoms with van der Waals surface area (Å²) in [7, 11) is 0. The van der Waals surface area contributed by atoms with Gasteiger partial charge in [-0.1, -0.05) is 65.2 Å². The highest BCUT2D eigenvalue weighted by molar-refractivity contribution is 5.50. The summed E-state index contributed by atoms with van der Waals surface area (Å²) in [5.41, 5.74) is 0. The zero-order valence-electron chi connectivity index (χ0n) is 9.85. The van der Waals surface area contributed by atoms with E-state index >= 15 is 0 Å². The van der Waals surface area contributed by atoms with Crippen LogP contribution in [0.2, 0.25) is 0 Å². The predicted molar refractivity (Wildman–Crippen MR) is 62.1 cm³/mol. The molecule has 0 heterocycles. The van der Waals surface area contributed by atoms with Crippen molar-refractivity contribution in [1.82, 2.24) is 0 Å². The van der Waals surface area contributed by atoms with Crippen LogP contribution in [0.4, 0.5) is 0 Å². The van der Waals surface area contributed by atoms with Crippen LogP contribution in [0.5, 0.6) is 0 Å². The second-order valence-electron chi connectivity index (χ2n) is 4.21. The molecule has 83 valence electrons. The monoisotopic (exact) mass is 197 g/mol. The summed E-state index contributed by atoms with van der Waals surface area (Å²) in [5.74, 6) is 0.616. The normalized spacial score (nSPS) is 10.8. The minimum Gasteiger partial charge on any atom is -0.291 e. The lowest BCUT2D eigenvalue weighted by Crippen LogP contribution is -2.01. The Morgan fingerprint density at radius 3 is 1.79 bits per heavy atom. The van der Waals surface area contributed by atoms with Gasteiger partial charge in [-0.15, -0.1) is 0 Å². The molecule has 0 aromatic heterocycles. The Morgan fingerprint density at radius 2 is 1.43 bits per heavy atom. The first kappa shape index (κ1) is 13.7. The molecule has 0 fully saturated rings. The van der Waals surface area contributed by atoms with Gasteiger partial charge >= 0.3 is 0 Å². The molecule has 0 saturated heterocycles. The zero-order chi connectivity index (χ0) is 10.6. The fourth-order valence-corrected chi connectivity index (χ4v) is 1.83. The third-order valence-electron chi connectivity index (χ3n) is 2.80. The van der Waals surface area contributed by atoms with Crippen molar-refractivity contribution in [3.8, 4) is 0 Å². The third-order valence-corrected chi connectivity index (χ3v) is 2.80. The fraction of sp³-hybridized carbons (Fsp3) is 0.923. The van der Waals surface area contributed by atoms with Crippen LogP contribution < -0.4 is 0 Å². The molecule has 0 unspecified atom stereocenters. The van der Waals surface area contributed by atoms with E-state index in [1.807, 2.05) is 0 Å². The highest BCUT2D eigenvalue weighted by atomic mass is 16.1. The molecule has 0 rings (SSSR count). The molecular formula is C13H25O. The molecule has 0 amide bonds. The van der Waals surface area contributed by atoms with E-state index in [0.29, 0.717) is 12.3 Å². The molecule has 1 radical (unpaired) electrons. The summed E-state index contributed by atoms with van der Waals surface area (Å²) >= 11 is 0. The zero-order valence-corrected chi connectivity index (χ0v) is 9.85. The largest absolute Gasteiger partial charge is 0.291 e. The molecule has 0 saturated carbocycles. The highest BCUT2D eigenvalue weighted by Gasteiger charge is 2.07. The van der Waals surface area contributed by atoms with Crippen molar-refractivity contribution >= 4 is 6.29 Å². The van der Waals surface area contributed by atoms with Gasteiger partial charge in [-0.05, 0) is 5.92 Å². The van der Waals surface area contributed by atoms with Crippen LogP contribution in [0.1, 0.15) is 71.6 Å². The third kappa shape index (κ3) is 8.28. The fourth-order valence-electron chi connectivity index (χ4n) is 1.83. The first-order valence-corrected chi connectivity index (χ1v) is 6.20. The average Bonchev–Trinajstić information content (AvgIpc) is 2.18. The minimum atomic E-state index is 0.616. The van der Waals surface area contributed by atoms with E-state index in [-0.39, 0.29) is 0 Å². The second kappa shape index (κ2) is 10.7. The summed E-state index contributed by atoms with van der Waals surface area (Å²) in [6.45, 7) is 4.44. The Morgan fingerprint density at radius 1 is 0.929 bits per heavy atom. The first-order valence-electron chi connectivity index (χ1n) is 6.20. The van der Waals surface area contributed by atoms with Crippen molar-refractivity contribution in [3.05, 3.63) is 0 Å². The Hall–Kier alpha value is -0.330. The summed E-state index contributed by atoms with van der Waals surface area (Å²) < 4.78 is 0. The SMILES string of the molecule is CCCCCC(C[C]=O)CCCCC. The van der Waals surface area contributed by atoms with Crippen molar-refractivity contribution in [2.45, 2.75) is 71.6 Å². The Labute approximate surface area is 89.3 Å². The van der Waals surface area contributed by atoms with Crippen molar-refractivity contribution < 1.29 is 4.79 Å². The van der Waals surface area contributed by atoms with E-state index in [0.717, 1.165) is 0 Å². The van der Waals surface area contributed by atoms with Crippen LogP contribution in [0.15, 0.2) is 0 Å². The molecule has 14 heavy (non-hydrogen) atoms. The van der Waals surface area contributed by atoms with Gasteiger partial charge in [0.15, 0.2) is 6.29 Å². The van der Waals surface area contributed by atoms with Gasteiger partial charge in [0.25, 0.3) is 0 Å². The summed E-state index contributed by atoms with van der Waals surface area (Å²) in [4.78, 5) is 10.4. The van der Waals surface area contributed by atoms with E-state index < -0.39 is 0 Å². The lowest BCUT2D eigenvalue weighted by Gasteiger charge is -2.12. The van der Waals surface area contributed by atoms with Crippen LogP contribution >= 0.6 is 0 Å². The molecule has 0 spiro atoms. The Kier molecular flexibility index (Phi) is 10.5. The number of unbranched alkanes of at least 4 members (excludes halogenated alkanes) is 4. The van der Waals surface area contributed by atoms with E-state index in [4.69, 9.17) is 0 Å². The standard InChI is InChI=1S/C13H25O/c1-3-5-7-9-13(11-12-14)10-8-6-4-2/h13H,3-11H2,1-2H3. The molecule has 1 nitrogen and oxygen atoms in total. The minimum absolute atomic E-state index is 0.616. The summed E-state index contributed by atoms with van der Waals surface area (Å²) in [6.07, 6.45) is 12.9. The van der Waals surface area contributed by atoms with Gasteiger partial charge in [-0.3, -0.25) is 4.79 Å². The van der Waals surface area contributed by atoms with Crippen LogP contribution in [0, 0.1) is 5.92 Å². The topological polar surface area (TPSA) is 17.1 Å². The second-order valence-corrected chi connectivity index (χ2v) is 4.21. The van der Waals surface area contributed by atoms with Gasteiger partial charge in [0.2, 0.25) is 0 Å². The first-order chi connectivity index (χ1) is 6.85. The molecule has 0 aromatic rings. The van der Waals surface area contributed by atoms with Crippen molar-refractivity contribution in [3.63, 3.8) is 0 Å².